The average Bonchev–Trinajstić information content (AvgIpc) is 2.41. The lowest BCUT2D eigenvalue weighted by atomic mass is 9.73. The van der Waals surface area contributed by atoms with Gasteiger partial charge < -0.3 is 5.73 Å². The highest BCUT2D eigenvalue weighted by molar-refractivity contribution is 6.32. The first-order valence-corrected chi connectivity index (χ1v) is 5.82. The van der Waals surface area contributed by atoms with Crippen LogP contribution in [0.25, 0.3) is 0 Å². The molecule has 88 valence electrons. The first kappa shape index (κ1) is 11.6. The first-order chi connectivity index (χ1) is 7.44. The van der Waals surface area contributed by atoms with Crippen molar-refractivity contribution in [2.24, 2.45) is 12.8 Å². The Hall–Kier alpha value is -0.870. The Kier molecular flexibility index (Phi) is 2.80. The predicted octanol–water partition coefficient (Wildman–Crippen LogP) is 1.37. The van der Waals surface area contributed by atoms with Gasteiger partial charge in [0.1, 0.15) is 0 Å². The summed E-state index contributed by atoms with van der Waals surface area (Å²) >= 11 is 6.09. The van der Waals surface area contributed by atoms with Crippen LogP contribution < -0.4 is 5.73 Å². The molecule has 2 N–H and O–H groups in total. The number of ketones is 1. The topological polar surface area (TPSA) is 60.9 Å². The number of rotatable bonds is 3. The molecule has 0 radical (unpaired) electrons. The van der Waals surface area contributed by atoms with Gasteiger partial charge in [-0.3, -0.25) is 9.48 Å². The lowest BCUT2D eigenvalue weighted by Crippen LogP contribution is -2.54. The molecule has 0 aliphatic heterocycles. The summed E-state index contributed by atoms with van der Waals surface area (Å²) in [5, 5.41) is 4.76. The number of aryl methyl sites for hydroxylation is 2. The number of nitrogens with two attached hydrogens (primary N) is 1. The van der Waals surface area contributed by atoms with Gasteiger partial charge in [0.05, 0.1) is 28.4 Å². The molecule has 2 rings (SSSR count). The van der Waals surface area contributed by atoms with Crippen molar-refractivity contribution < 1.29 is 4.79 Å². The van der Waals surface area contributed by atoms with Crippen molar-refractivity contribution in [1.29, 1.82) is 0 Å². The third kappa shape index (κ3) is 1.76. The molecule has 1 aliphatic rings. The molecule has 0 amide bonds. The molecule has 1 aliphatic carbocycles. The van der Waals surface area contributed by atoms with Gasteiger partial charge in [0.15, 0.2) is 5.78 Å². The van der Waals surface area contributed by atoms with Crippen molar-refractivity contribution in [2.45, 2.75) is 38.1 Å². The van der Waals surface area contributed by atoms with E-state index in [0.29, 0.717) is 5.02 Å². The number of nitrogens with zero attached hydrogens (tertiary/aromatic N) is 2. The number of hydrogen-bond acceptors (Lipinski definition) is 3. The number of carbonyl (C=O) groups is 1. The lowest BCUT2D eigenvalue weighted by molar-refractivity contribution is -0.126. The quantitative estimate of drug-likeness (QED) is 0.870. The second-order valence-electron chi connectivity index (χ2n) is 4.58. The molecule has 0 atom stereocenters. The Morgan fingerprint density at radius 3 is 2.62 bits per heavy atom. The molecule has 1 aromatic rings. The fourth-order valence-corrected chi connectivity index (χ4v) is 2.26. The minimum Gasteiger partial charge on any atom is -0.319 e. The zero-order valence-corrected chi connectivity index (χ0v) is 10.3. The minimum absolute atomic E-state index is 0.0728. The van der Waals surface area contributed by atoms with Crippen molar-refractivity contribution in [2.75, 3.05) is 0 Å². The van der Waals surface area contributed by atoms with Gasteiger partial charge in [-0.15, -0.1) is 0 Å². The van der Waals surface area contributed by atoms with E-state index in [-0.39, 0.29) is 12.2 Å². The number of Topliss-reactive ketones (excluding diaryl/α,β-unsaturated/α-hetero) is 1. The van der Waals surface area contributed by atoms with Crippen LogP contribution in [0.2, 0.25) is 5.02 Å². The van der Waals surface area contributed by atoms with E-state index in [9.17, 15) is 4.79 Å². The van der Waals surface area contributed by atoms with Crippen LogP contribution in [0.5, 0.6) is 0 Å². The van der Waals surface area contributed by atoms with Crippen LogP contribution in [0.4, 0.5) is 0 Å². The Morgan fingerprint density at radius 2 is 2.25 bits per heavy atom. The second-order valence-corrected chi connectivity index (χ2v) is 4.96. The van der Waals surface area contributed by atoms with E-state index in [2.05, 4.69) is 5.10 Å². The Morgan fingerprint density at radius 1 is 1.62 bits per heavy atom. The number of hydrogen-bond donors (Lipinski definition) is 1. The van der Waals surface area contributed by atoms with Gasteiger partial charge in [0.25, 0.3) is 0 Å². The van der Waals surface area contributed by atoms with Gasteiger partial charge >= 0.3 is 0 Å². The summed E-state index contributed by atoms with van der Waals surface area (Å²) in [6.45, 7) is 1.83. The summed E-state index contributed by atoms with van der Waals surface area (Å²) in [7, 11) is 1.80. The van der Waals surface area contributed by atoms with Crippen LogP contribution >= 0.6 is 11.6 Å². The summed E-state index contributed by atoms with van der Waals surface area (Å²) in [6.07, 6.45) is 2.91. The van der Waals surface area contributed by atoms with Crippen molar-refractivity contribution in [3.8, 4) is 0 Å². The molecule has 1 aromatic heterocycles. The third-order valence-electron chi connectivity index (χ3n) is 3.39. The summed E-state index contributed by atoms with van der Waals surface area (Å²) in [4.78, 5) is 12.0. The van der Waals surface area contributed by atoms with E-state index in [0.717, 1.165) is 30.7 Å². The van der Waals surface area contributed by atoms with E-state index in [4.69, 9.17) is 17.3 Å². The van der Waals surface area contributed by atoms with E-state index < -0.39 is 5.54 Å². The van der Waals surface area contributed by atoms with Crippen molar-refractivity contribution in [3.63, 3.8) is 0 Å². The molecule has 16 heavy (non-hydrogen) atoms. The van der Waals surface area contributed by atoms with E-state index in [1.54, 1.807) is 11.7 Å². The average molecular weight is 242 g/mol. The summed E-state index contributed by atoms with van der Waals surface area (Å²) in [6, 6.07) is 0. The van der Waals surface area contributed by atoms with Gasteiger partial charge in [-0.25, -0.2) is 0 Å². The number of aromatic nitrogens is 2. The fourth-order valence-electron chi connectivity index (χ4n) is 2.04. The van der Waals surface area contributed by atoms with Crippen LogP contribution in [0.15, 0.2) is 0 Å². The van der Waals surface area contributed by atoms with Crippen LogP contribution in [0, 0.1) is 6.92 Å². The second kappa shape index (κ2) is 3.86. The molecule has 1 saturated carbocycles. The van der Waals surface area contributed by atoms with Crippen LogP contribution in [-0.2, 0) is 18.3 Å². The number of halogens is 1. The molecular formula is C11H16ClN3O. The third-order valence-corrected chi connectivity index (χ3v) is 3.88. The minimum atomic E-state index is -0.610. The lowest BCUT2D eigenvalue weighted by Gasteiger charge is -2.36. The summed E-state index contributed by atoms with van der Waals surface area (Å²) < 4.78 is 1.66. The highest BCUT2D eigenvalue weighted by Gasteiger charge is 2.40. The van der Waals surface area contributed by atoms with Crippen LogP contribution in [0.3, 0.4) is 0 Å². The van der Waals surface area contributed by atoms with E-state index in [1.165, 1.54) is 0 Å². The Balaban J connectivity index is 2.18. The number of carbonyl (C=O) groups excluding carboxylic acids is 1. The zero-order chi connectivity index (χ0) is 11.9. The van der Waals surface area contributed by atoms with Gasteiger partial charge in [-0.1, -0.05) is 11.6 Å². The molecule has 0 spiro atoms. The summed E-state index contributed by atoms with van der Waals surface area (Å²) in [5.41, 5.74) is 6.89. The van der Waals surface area contributed by atoms with E-state index in [1.807, 2.05) is 6.92 Å². The van der Waals surface area contributed by atoms with Gasteiger partial charge in [-0.2, -0.15) is 5.10 Å². The maximum Gasteiger partial charge on any atom is 0.158 e. The molecule has 1 fully saturated rings. The maximum atomic E-state index is 12.0. The molecule has 4 nitrogen and oxygen atoms in total. The van der Waals surface area contributed by atoms with Crippen LogP contribution in [0.1, 0.15) is 30.7 Å². The standard InChI is InChI=1S/C11H16ClN3O/c1-7-10(12)8(15(2)14-7)6-9(16)11(13)4-3-5-11/h3-6,13H2,1-2H3. The zero-order valence-electron chi connectivity index (χ0n) is 9.59. The normalized spacial score (nSPS) is 18.2. The van der Waals surface area contributed by atoms with Gasteiger partial charge in [0.2, 0.25) is 0 Å². The highest BCUT2D eigenvalue weighted by Crippen LogP contribution is 2.32. The molecule has 1 heterocycles. The molecule has 5 heteroatoms. The van der Waals surface area contributed by atoms with Crippen LogP contribution in [-0.4, -0.2) is 21.1 Å². The highest BCUT2D eigenvalue weighted by atomic mass is 35.5. The SMILES string of the molecule is Cc1nn(C)c(CC(=O)C2(N)CCC2)c1Cl. The summed E-state index contributed by atoms with van der Waals surface area (Å²) in [5.74, 6) is 0.0728. The monoisotopic (exact) mass is 241 g/mol. The van der Waals surface area contributed by atoms with Gasteiger partial charge in [0, 0.05) is 7.05 Å². The first-order valence-electron chi connectivity index (χ1n) is 5.44. The van der Waals surface area contributed by atoms with Crippen molar-refractivity contribution >= 4 is 17.4 Å². The van der Waals surface area contributed by atoms with Crippen molar-refractivity contribution in [1.82, 2.24) is 9.78 Å². The maximum absolute atomic E-state index is 12.0. The predicted molar refractivity (Wildman–Crippen MR) is 62.4 cm³/mol. The largest absolute Gasteiger partial charge is 0.319 e. The molecule has 0 saturated heterocycles. The molecule has 0 unspecified atom stereocenters. The Labute approximate surface area is 99.8 Å². The van der Waals surface area contributed by atoms with E-state index >= 15 is 0 Å². The molecular weight excluding hydrogens is 226 g/mol. The molecule has 0 aromatic carbocycles. The Bertz CT molecular complexity index is 435. The fraction of sp³-hybridized carbons (Fsp3) is 0.636. The van der Waals surface area contributed by atoms with Crippen molar-refractivity contribution in [3.05, 3.63) is 16.4 Å². The smallest absolute Gasteiger partial charge is 0.158 e. The van der Waals surface area contributed by atoms with Gasteiger partial charge in [-0.05, 0) is 26.2 Å². The molecule has 0 bridgehead atoms.